The van der Waals surface area contributed by atoms with Crippen LogP contribution in [0.4, 0.5) is 14.9 Å². The number of hydrogen-bond donors (Lipinski definition) is 2. The number of aryl methyl sites for hydroxylation is 1. The second-order valence-electron chi connectivity index (χ2n) is 6.13. The molecule has 0 atom stereocenters. The Balaban J connectivity index is 1.91. The standard InChI is InChI=1S/C17H18ClFN4O2/c1-10-6-11(8-12(19)7-10)14-9-20-22-16(18)15(14)23-4-2-13(3-5-23)21-17(24)25/h6-9,13,21H,2-5H2,1H3,(H,24,25). The molecule has 1 amide bonds. The van der Waals surface area contributed by atoms with Crippen LogP contribution < -0.4 is 10.2 Å². The van der Waals surface area contributed by atoms with Gasteiger partial charge in [-0.1, -0.05) is 17.7 Å². The smallest absolute Gasteiger partial charge is 0.404 e. The molecule has 1 aromatic carbocycles. The summed E-state index contributed by atoms with van der Waals surface area (Å²) in [5.74, 6) is -0.321. The Morgan fingerprint density at radius 2 is 2.08 bits per heavy atom. The molecule has 0 radical (unpaired) electrons. The number of rotatable bonds is 3. The molecule has 0 saturated carbocycles. The Morgan fingerprint density at radius 1 is 1.36 bits per heavy atom. The summed E-state index contributed by atoms with van der Waals surface area (Å²) in [6, 6.07) is 4.70. The average Bonchev–Trinajstić information content (AvgIpc) is 2.54. The number of hydrogen-bond acceptors (Lipinski definition) is 4. The molecule has 3 rings (SSSR count). The van der Waals surface area contributed by atoms with Gasteiger partial charge in [0.2, 0.25) is 0 Å². The van der Waals surface area contributed by atoms with Crippen molar-refractivity contribution in [1.29, 1.82) is 0 Å². The lowest BCUT2D eigenvalue weighted by molar-refractivity contribution is 0.187. The average molecular weight is 365 g/mol. The SMILES string of the molecule is Cc1cc(F)cc(-c2cnnc(Cl)c2N2CCC(NC(=O)O)CC2)c1. The minimum Gasteiger partial charge on any atom is -0.465 e. The summed E-state index contributed by atoms with van der Waals surface area (Å²) in [6.45, 7) is 3.07. The molecule has 2 heterocycles. The van der Waals surface area contributed by atoms with E-state index in [1.54, 1.807) is 6.20 Å². The van der Waals surface area contributed by atoms with Gasteiger partial charge >= 0.3 is 6.09 Å². The van der Waals surface area contributed by atoms with E-state index < -0.39 is 6.09 Å². The van der Waals surface area contributed by atoms with Crippen LogP contribution >= 0.6 is 11.6 Å². The van der Waals surface area contributed by atoms with Gasteiger partial charge in [-0.25, -0.2) is 9.18 Å². The summed E-state index contributed by atoms with van der Waals surface area (Å²) >= 11 is 6.29. The predicted octanol–water partition coefficient (Wildman–Crippen LogP) is 3.48. The molecule has 6 nitrogen and oxygen atoms in total. The van der Waals surface area contributed by atoms with Crippen molar-refractivity contribution in [3.8, 4) is 11.1 Å². The lowest BCUT2D eigenvalue weighted by Crippen LogP contribution is -2.44. The zero-order chi connectivity index (χ0) is 18.0. The van der Waals surface area contributed by atoms with Gasteiger partial charge in [0.25, 0.3) is 0 Å². The van der Waals surface area contributed by atoms with Crippen molar-refractivity contribution in [2.45, 2.75) is 25.8 Å². The maximum atomic E-state index is 13.8. The number of amides is 1. The molecular weight excluding hydrogens is 347 g/mol. The molecule has 1 fully saturated rings. The van der Waals surface area contributed by atoms with E-state index in [-0.39, 0.29) is 17.0 Å². The van der Waals surface area contributed by atoms with Crippen molar-refractivity contribution in [3.63, 3.8) is 0 Å². The number of anilines is 1. The molecule has 0 unspecified atom stereocenters. The molecule has 1 aliphatic rings. The van der Waals surface area contributed by atoms with Crippen LogP contribution in [0.5, 0.6) is 0 Å². The zero-order valence-electron chi connectivity index (χ0n) is 13.7. The van der Waals surface area contributed by atoms with Crippen molar-refractivity contribution >= 4 is 23.4 Å². The second-order valence-corrected chi connectivity index (χ2v) is 6.48. The summed E-state index contributed by atoms with van der Waals surface area (Å²) in [6.07, 6.45) is 1.88. The van der Waals surface area contributed by atoms with Gasteiger partial charge in [0.1, 0.15) is 5.82 Å². The molecule has 0 bridgehead atoms. The molecule has 25 heavy (non-hydrogen) atoms. The fraction of sp³-hybridized carbons (Fsp3) is 0.353. The molecular formula is C17H18ClFN4O2. The highest BCUT2D eigenvalue weighted by molar-refractivity contribution is 6.32. The predicted molar refractivity (Wildman–Crippen MR) is 93.6 cm³/mol. The summed E-state index contributed by atoms with van der Waals surface area (Å²) in [5.41, 5.74) is 2.91. The van der Waals surface area contributed by atoms with Crippen molar-refractivity contribution in [2.75, 3.05) is 18.0 Å². The third-order valence-corrected chi connectivity index (χ3v) is 4.53. The molecule has 0 spiro atoms. The molecule has 1 saturated heterocycles. The highest BCUT2D eigenvalue weighted by atomic mass is 35.5. The number of nitrogens with one attached hydrogen (secondary N) is 1. The first-order valence-corrected chi connectivity index (χ1v) is 8.35. The Labute approximate surface area is 149 Å². The fourth-order valence-electron chi connectivity index (χ4n) is 3.18. The maximum Gasteiger partial charge on any atom is 0.404 e. The van der Waals surface area contributed by atoms with E-state index in [0.717, 1.165) is 5.56 Å². The van der Waals surface area contributed by atoms with Gasteiger partial charge in [-0.15, -0.1) is 5.10 Å². The van der Waals surface area contributed by atoms with Crippen molar-refractivity contribution in [2.24, 2.45) is 0 Å². The molecule has 1 aromatic heterocycles. The highest BCUT2D eigenvalue weighted by Gasteiger charge is 2.25. The van der Waals surface area contributed by atoms with Gasteiger partial charge in [0.05, 0.1) is 11.9 Å². The third-order valence-electron chi connectivity index (χ3n) is 4.27. The largest absolute Gasteiger partial charge is 0.465 e. The van der Waals surface area contributed by atoms with E-state index in [1.165, 1.54) is 12.1 Å². The summed E-state index contributed by atoms with van der Waals surface area (Å²) in [7, 11) is 0. The quantitative estimate of drug-likeness (QED) is 0.871. The minimum absolute atomic E-state index is 0.0813. The number of benzene rings is 1. The van der Waals surface area contributed by atoms with E-state index in [0.29, 0.717) is 42.7 Å². The molecule has 0 aliphatic carbocycles. The van der Waals surface area contributed by atoms with E-state index in [4.69, 9.17) is 16.7 Å². The lowest BCUT2D eigenvalue weighted by atomic mass is 10.0. The van der Waals surface area contributed by atoms with E-state index >= 15 is 0 Å². The fourth-order valence-corrected chi connectivity index (χ4v) is 3.45. The van der Waals surface area contributed by atoms with Gasteiger partial charge < -0.3 is 15.3 Å². The van der Waals surface area contributed by atoms with Gasteiger partial charge in [-0.05, 0) is 43.0 Å². The number of halogens is 2. The lowest BCUT2D eigenvalue weighted by Gasteiger charge is -2.34. The van der Waals surface area contributed by atoms with Crippen LogP contribution in [0.15, 0.2) is 24.4 Å². The van der Waals surface area contributed by atoms with Crippen molar-refractivity contribution in [1.82, 2.24) is 15.5 Å². The molecule has 1 aliphatic heterocycles. The van der Waals surface area contributed by atoms with E-state index in [2.05, 4.69) is 15.5 Å². The van der Waals surface area contributed by atoms with Crippen LogP contribution in [0.2, 0.25) is 5.15 Å². The Hall–Kier alpha value is -2.41. The molecule has 132 valence electrons. The molecule has 2 aromatic rings. The highest BCUT2D eigenvalue weighted by Crippen LogP contribution is 2.36. The first kappa shape index (κ1) is 17.4. The Kier molecular flexibility index (Phi) is 5.03. The van der Waals surface area contributed by atoms with Crippen molar-refractivity contribution in [3.05, 3.63) is 40.9 Å². The van der Waals surface area contributed by atoms with Gasteiger partial charge in [-0.2, -0.15) is 5.10 Å². The van der Waals surface area contributed by atoms with Crippen LogP contribution in [-0.2, 0) is 0 Å². The first-order chi connectivity index (χ1) is 11.9. The second kappa shape index (κ2) is 7.23. The number of aromatic nitrogens is 2. The van der Waals surface area contributed by atoms with Gasteiger partial charge in [0, 0.05) is 24.7 Å². The van der Waals surface area contributed by atoms with Gasteiger partial charge in [-0.3, -0.25) is 0 Å². The first-order valence-electron chi connectivity index (χ1n) is 7.97. The third kappa shape index (κ3) is 3.99. The summed E-state index contributed by atoms with van der Waals surface area (Å²) in [5, 5.41) is 19.4. The number of carboxylic acid groups (broad SMARTS) is 1. The molecule has 8 heteroatoms. The maximum absolute atomic E-state index is 13.8. The Morgan fingerprint density at radius 3 is 2.72 bits per heavy atom. The monoisotopic (exact) mass is 364 g/mol. The number of carbonyl (C=O) groups is 1. The van der Waals surface area contributed by atoms with Crippen LogP contribution in [0, 0.1) is 12.7 Å². The van der Waals surface area contributed by atoms with Crippen LogP contribution in [0.25, 0.3) is 11.1 Å². The Bertz CT molecular complexity index is 774. The van der Waals surface area contributed by atoms with Gasteiger partial charge in [0.15, 0.2) is 5.15 Å². The van der Waals surface area contributed by atoms with E-state index in [1.807, 2.05) is 17.9 Å². The zero-order valence-corrected chi connectivity index (χ0v) is 14.4. The number of piperidine rings is 1. The normalized spacial score (nSPS) is 15.2. The van der Waals surface area contributed by atoms with Crippen LogP contribution in [0.3, 0.4) is 0 Å². The van der Waals surface area contributed by atoms with Crippen LogP contribution in [-0.4, -0.2) is 40.5 Å². The minimum atomic E-state index is -1.02. The number of nitrogens with zero attached hydrogens (tertiary/aromatic N) is 3. The van der Waals surface area contributed by atoms with Crippen LogP contribution in [0.1, 0.15) is 18.4 Å². The molecule has 2 N–H and O–H groups in total. The summed E-state index contributed by atoms with van der Waals surface area (Å²) < 4.78 is 13.8. The van der Waals surface area contributed by atoms with E-state index in [9.17, 15) is 9.18 Å². The van der Waals surface area contributed by atoms with Crippen molar-refractivity contribution < 1.29 is 14.3 Å². The summed E-state index contributed by atoms with van der Waals surface area (Å²) in [4.78, 5) is 12.8. The topological polar surface area (TPSA) is 78.4 Å².